The van der Waals surface area contributed by atoms with Crippen molar-refractivity contribution >= 4 is 27.5 Å². The molecule has 0 spiro atoms. The summed E-state index contributed by atoms with van der Waals surface area (Å²) in [5.41, 5.74) is 0.394. The number of amides is 1. The Labute approximate surface area is 172 Å². The Bertz CT molecular complexity index is 798. The lowest BCUT2D eigenvalue weighted by Gasteiger charge is -2.36. The van der Waals surface area contributed by atoms with Crippen molar-refractivity contribution in [3.8, 4) is 11.5 Å². The fraction of sp³-hybridized carbons (Fsp3) is 0.632. The minimum atomic E-state index is -3.32. The number of ether oxygens (including phenoxy) is 2. The van der Waals surface area contributed by atoms with Crippen molar-refractivity contribution in [1.29, 1.82) is 0 Å². The van der Waals surface area contributed by atoms with Gasteiger partial charge in [0.2, 0.25) is 10.0 Å². The molecule has 1 saturated heterocycles. The molecule has 1 aromatic rings. The zero-order chi connectivity index (χ0) is 20.9. The van der Waals surface area contributed by atoms with Gasteiger partial charge >= 0.3 is 0 Å². The molecule has 9 heteroatoms. The van der Waals surface area contributed by atoms with Gasteiger partial charge < -0.3 is 14.4 Å². The Morgan fingerprint density at radius 3 is 2.68 bits per heavy atom. The molecule has 1 aliphatic heterocycles. The molecule has 1 heterocycles. The Hall–Kier alpha value is -1.51. The molecule has 0 saturated carbocycles. The minimum Gasteiger partial charge on any atom is -0.493 e. The predicted molar refractivity (Wildman–Crippen MR) is 110 cm³/mol. The number of likely N-dealkylation sites (tertiary alicyclic amines) is 1. The number of carbonyl (C=O) groups excluding carboxylic acids is 1. The highest BCUT2D eigenvalue weighted by atomic mass is 35.5. The Kier molecular flexibility index (Phi) is 7.97. The van der Waals surface area contributed by atoms with Crippen molar-refractivity contribution in [2.75, 3.05) is 33.1 Å². The van der Waals surface area contributed by atoms with Crippen LogP contribution in [0.1, 0.15) is 43.5 Å². The van der Waals surface area contributed by atoms with Crippen molar-refractivity contribution in [1.82, 2.24) is 9.62 Å². The summed E-state index contributed by atoms with van der Waals surface area (Å²) in [4.78, 5) is 14.8. The lowest BCUT2D eigenvalue weighted by Crippen LogP contribution is -2.49. The highest BCUT2D eigenvalue weighted by Crippen LogP contribution is 2.37. The van der Waals surface area contributed by atoms with E-state index in [1.807, 2.05) is 13.8 Å². The van der Waals surface area contributed by atoms with Gasteiger partial charge in [-0.15, -0.1) is 0 Å². The van der Waals surface area contributed by atoms with E-state index in [0.717, 1.165) is 25.5 Å². The second-order valence-corrected chi connectivity index (χ2v) is 9.70. The van der Waals surface area contributed by atoms with Crippen LogP contribution in [-0.4, -0.2) is 58.3 Å². The number of rotatable bonds is 8. The molecule has 1 aliphatic rings. The Morgan fingerprint density at radius 1 is 1.36 bits per heavy atom. The van der Waals surface area contributed by atoms with Gasteiger partial charge in [-0.1, -0.05) is 25.4 Å². The van der Waals surface area contributed by atoms with Crippen LogP contribution in [0.2, 0.25) is 5.02 Å². The lowest BCUT2D eigenvalue weighted by molar-refractivity contribution is 0.0618. The van der Waals surface area contributed by atoms with E-state index in [0.29, 0.717) is 41.2 Å². The molecule has 7 nitrogen and oxygen atoms in total. The number of halogens is 1. The quantitative estimate of drug-likeness (QED) is 0.682. The van der Waals surface area contributed by atoms with E-state index in [9.17, 15) is 13.2 Å². The molecule has 0 radical (unpaired) electrons. The van der Waals surface area contributed by atoms with Crippen LogP contribution in [0.25, 0.3) is 0 Å². The van der Waals surface area contributed by atoms with Crippen LogP contribution in [0.15, 0.2) is 12.1 Å². The smallest absolute Gasteiger partial charge is 0.254 e. The van der Waals surface area contributed by atoms with Gasteiger partial charge in [-0.05, 0) is 37.3 Å². The van der Waals surface area contributed by atoms with Gasteiger partial charge in [0.1, 0.15) is 0 Å². The Balaban J connectivity index is 2.24. The molecule has 0 bridgehead atoms. The van der Waals surface area contributed by atoms with E-state index >= 15 is 0 Å². The van der Waals surface area contributed by atoms with E-state index in [-0.39, 0.29) is 18.5 Å². The number of hydrogen-bond acceptors (Lipinski definition) is 5. The summed E-state index contributed by atoms with van der Waals surface area (Å²) in [5, 5.41) is 0.311. The molecule has 0 aromatic heterocycles. The third-order valence-corrected chi connectivity index (χ3v) is 5.48. The van der Waals surface area contributed by atoms with Crippen LogP contribution in [0.4, 0.5) is 0 Å². The summed E-state index contributed by atoms with van der Waals surface area (Å²) in [5.74, 6) is 0.941. The second kappa shape index (κ2) is 9.80. The fourth-order valence-corrected chi connectivity index (χ4v) is 3.89. The number of carbonyl (C=O) groups is 1. The molecule has 1 N–H and O–H groups in total. The fourth-order valence-electron chi connectivity index (χ4n) is 3.13. The van der Waals surface area contributed by atoms with E-state index < -0.39 is 10.0 Å². The van der Waals surface area contributed by atoms with Gasteiger partial charge in [0.25, 0.3) is 5.91 Å². The molecule has 1 amide bonds. The van der Waals surface area contributed by atoms with E-state index in [2.05, 4.69) is 4.72 Å². The molecular formula is C19H29ClN2O5S. The van der Waals surface area contributed by atoms with Crippen LogP contribution >= 0.6 is 11.6 Å². The maximum Gasteiger partial charge on any atom is 0.254 e. The first-order chi connectivity index (χ1) is 13.1. The zero-order valence-electron chi connectivity index (χ0n) is 16.8. The molecule has 1 unspecified atom stereocenters. The van der Waals surface area contributed by atoms with Gasteiger partial charge in [0.15, 0.2) is 11.5 Å². The number of hydrogen-bond donors (Lipinski definition) is 1. The third kappa shape index (κ3) is 6.25. The third-order valence-electron chi connectivity index (χ3n) is 4.51. The van der Waals surface area contributed by atoms with E-state index in [1.165, 1.54) is 7.11 Å². The number of piperidine rings is 1. The molecule has 2 rings (SSSR count). The summed E-state index contributed by atoms with van der Waals surface area (Å²) in [7, 11) is -1.82. The summed E-state index contributed by atoms with van der Waals surface area (Å²) < 4.78 is 36.5. The first-order valence-corrected chi connectivity index (χ1v) is 11.6. The van der Waals surface area contributed by atoms with Crippen molar-refractivity contribution in [2.24, 2.45) is 5.92 Å². The molecule has 28 heavy (non-hydrogen) atoms. The summed E-state index contributed by atoms with van der Waals surface area (Å²) >= 11 is 6.37. The second-order valence-electron chi connectivity index (χ2n) is 7.46. The maximum absolute atomic E-state index is 13.1. The molecule has 0 aliphatic carbocycles. The van der Waals surface area contributed by atoms with Gasteiger partial charge in [0.05, 0.1) is 25.0 Å². The monoisotopic (exact) mass is 432 g/mol. The first kappa shape index (κ1) is 22.8. The van der Waals surface area contributed by atoms with Gasteiger partial charge in [0, 0.05) is 24.7 Å². The maximum atomic E-state index is 13.1. The predicted octanol–water partition coefficient (Wildman–Crippen LogP) is 2.93. The standard InChI is InChI=1S/C19H29ClN2O5S/c1-13(2)12-27-18-16(20)9-14(10-17(18)26-3)19(23)22-8-6-5-7-15(22)11-21-28(4,24)25/h9-10,13,15,21H,5-8,11-12H2,1-4H3. The highest BCUT2D eigenvalue weighted by molar-refractivity contribution is 7.88. The van der Waals surface area contributed by atoms with Crippen molar-refractivity contribution in [3.05, 3.63) is 22.7 Å². The SMILES string of the molecule is COc1cc(C(=O)N2CCCCC2CNS(C)(=O)=O)cc(Cl)c1OCC(C)C. The summed E-state index contributed by atoms with van der Waals surface area (Å²) in [6.07, 6.45) is 3.69. The zero-order valence-corrected chi connectivity index (χ0v) is 18.4. The van der Waals surface area contributed by atoms with Crippen LogP contribution < -0.4 is 14.2 Å². The van der Waals surface area contributed by atoms with Gasteiger partial charge in [-0.25, -0.2) is 13.1 Å². The van der Waals surface area contributed by atoms with E-state index in [4.69, 9.17) is 21.1 Å². The summed E-state index contributed by atoms with van der Waals surface area (Å²) in [6, 6.07) is 3.01. The molecule has 158 valence electrons. The number of nitrogens with one attached hydrogen (secondary N) is 1. The van der Waals surface area contributed by atoms with Crippen LogP contribution in [0.5, 0.6) is 11.5 Å². The Morgan fingerprint density at radius 2 is 2.07 bits per heavy atom. The van der Waals surface area contributed by atoms with Crippen LogP contribution in [0, 0.1) is 5.92 Å². The van der Waals surface area contributed by atoms with Crippen LogP contribution in [0.3, 0.4) is 0 Å². The minimum absolute atomic E-state index is 0.197. The number of nitrogens with zero attached hydrogens (tertiary/aromatic N) is 1. The molecule has 1 fully saturated rings. The average Bonchev–Trinajstić information content (AvgIpc) is 2.63. The molecular weight excluding hydrogens is 404 g/mol. The molecule has 1 atom stereocenters. The van der Waals surface area contributed by atoms with Crippen LogP contribution in [-0.2, 0) is 10.0 Å². The largest absolute Gasteiger partial charge is 0.493 e. The number of methoxy groups -OCH3 is 1. The lowest BCUT2D eigenvalue weighted by atomic mass is 10.0. The highest BCUT2D eigenvalue weighted by Gasteiger charge is 2.29. The van der Waals surface area contributed by atoms with Gasteiger partial charge in [-0.3, -0.25) is 4.79 Å². The van der Waals surface area contributed by atoms with Gasteiger partial charge in [-0.2, -0.15) is 0 Å². The number of sulfonamides is 1. The molecule has 1 aromatic carbocycles. The van der Waals surface area contributed by atoms with Crippen molar-refractivity contribution in [2.45, 2.75) is 39.2 Å². The summed E-state index contributed by atoms with van der Waals surface area (Å²) in [6.45, 7) is 5.30. The topological polar surface area (TPSA) is 84.9 Å². The average molecular weight is 433 g/mol. The first-order valence-electron chi connectivity index (χ1n) is 9.38. The number of benzene rings is 1. The van der Waals surface area contributed by atoms with Crippen molar-refractivity contribution in [3.63, 3.8) is 0 Å². The van der Waals surface area contributed by atoms with Crippen molar-refractivity contribution < 1.29 is 22.7 Å². The normalized spacial score (nSPS) is 17.6. The van der Waals surface area contributed by atoms with E-state index in [1.54, 1.807) is 17.0 Å².